The van der Waals surface area contributed by atoms with Crippen LogP contribution in [0, 0.1) is 16.0 Å². The van der Waals surface area contributed by atoms with Crippen molar-refractivity contribution in [2.75, 3.05) is 0 Å². The van der Waals surface area contributed by atoms with Gasteiger partial charge in [-0.15, -0.1) is 0 Å². The van der Waals surface area contributed by atoms with Crippen LogP contribution in [0.4, 0.5) is 0 Å². The van der Waals surface area contributed by atoms with Crippen molar-refractivity contribution < 1.29 is 14.8 Å². The van der Waals surface area contributed by atoms with Gasteiger partial charge in [-0.25, -0.2) is 0 Å². The fourth-order valence-corrected chi connectivity index (χ4v) is 1.83. The van der Waals surface area contributed by atoms with Crippen molar-refractivity contribution in [1.29, 1.82) is 0 Å². The second kappa shape index (κ2) is 4.20. The van der Waals surface area contributed by atoms with E-state index in [0.29, 0.717) is 12.8 Å². The van der Waals surface area contributed by atoms with E-state index in [0.717, 1.165) is 19.3 Å². The largest absolute Gasteiger partial charge is 0.481 e. The van der Waals surface area contributed by atoms with Gasteiger partial charge in [-0.1, -0.05) is 12.8 Å². The van der Waals surface area contributed by atoms with E-state index in [-0.39, 0.29) is 0 Å². The van der Waals surface area contributed by atoms with Gasteiger partial charge in [0.05, 0.1) is 0 Å². The molecule has 1 aliphatic rings. The monoisotopic (exact) mass is 187 g/mol. The molecule has 5 nitrogen and oxygen atoms in total. The first-order valence-corrected chi connectivity index (χ1v) is 4.49. The molecule has 0 spiro atoms. The summed E-state index contributed by atoms with van der Waals surface area (Å²) >= 11 is 0. The molecule has 1 rings (SSSR count). The van der Waals surface area contributed by atoms with Crippen LogP contribution in [-0.2, 0) is 4.79 Å². The molecule has 0 aromatic rings. The van der Waals surface area contributed by atoms with E-state index < -0.39 is 22.9 Å². The standard InChI is InChI=1S/C8H13NO4/c10-8(11)6-4-2-1-3-5-7(6)9(12)13/h6-7H,1-5H2,(H,10,11). The fourth-order valence-electron chi connectivity index (χ4n) is 1.83. The number of hydrogen-bond acceptors (Lipinski definition) is 3. The molecule has 0 aromatic carbocycles. The first-order valence-electron chi connectivity index (χ1n) is 4.49. The van der Waals surface area contributed by atoms with Crippen molar-refractivity contribution in [3.63, 3.8) is 0 Å². The minimum atomic E-state index is -1.02. The van der Waals surface area contributed by atoms with E-state index >= 15 is 0 Å². The van der Waals surface area contributed by atoms with Gasteiger partial charge in [-0.05, 0) is 12.8 Å². The van der Waals surface area contributed by atoms with E-state index in [2.05, 4.69) is 0 Å². The van der Waals surface area contributed by atoms with Crippen LogP contribution < -0.4 is 0 Å². The highest BCUT2D eigenvalue weighted by Crippen LogP contribution is 2.25. The molecule has 5 heteroatoms. The summed E-state index contributed by atoms with van der Waals surface area (Å²) in [5, 5.41) is 19.3. The average Bonchev–Trinajstić information content (AvgIpc) is 2.27. The number of hydrogen-bond donors (Lipinski definition) is 1. The van der Waals surface area contributed by atoms with Gasteiger partial charge in [0.1, 0.15) is 5.92 Å². The molecule has 2 atom stereocenters. The van der Waals surface area contributed by atoms with E-state index in [1.165, 1.54) is 0 Å². The van der Waals surface area contributed by atoms with Crippen molar-refractivity contribution in [1.82, 2.24) is 0 Å². The smallest absolute Gasteiger partial charge is 0.313 e. The molecule has 0 saturated heterocycles. The molecule has 0 radical (unpaired) electrons. The topological polar surface area (TPSA) is 80.4 Å². The summed E-state index contributed by atoms with van der Waals surface area (Å²) in [7, 11) is 0. The second-order valence-corrected chi connectivity index (χ2v) is 3.44. The van der Waals surface area contributed by atoms with Gasteiger partial charge in [0, 0.05) is 11.3 Å². The zero-order valence-corrected chi connectivity index (χ0v) is 7.31. The number of rotatable bonds is 2. The lowest BCUT2D eigenvalue weighted by atomic mass is 9.96. The average molecular weight is 187 g/mol. The Morgan fingerprint density at radius 2 is 1.92 bits per heavy atom. The summed E-state index contributed by atoms with van der Waals surface area (Å²) in [6, 6.07) is -0.875. The van der Waals surface area contributed by atoms with Gasteiger partial charge < -0.3 is 5.11 Å². The van der Waals surface area contributed by atoms with E-state index in [9.17, 15) is 14.9 Å². The van der Waals surface area contributed by atoms with Gasteiger partial charge in [0.2, 0.25) is 6.04 Å². The predicted molar refractivity (Wildman–Crippen MR) is 45.0 cm³/mol. The van der Waals surface area contributed by atoms with Gasteiger partial charge >= 0.3 is 5.97 Å². The maximum atomic E-state index is 10.7. The van der Waals surface area contributed by atoms with Crippen LogP contribution >= 0.6 is 0 Å². The third-order valence-corrected chi connectivity index (χ3v) is 2.57. The summed E-state index contributed by atoms with van der Waals surface area (Å²) in [5.74, 6) is -1.80. The highest BCUT2D eigenvalue weighted by atomic mass is 16.6. The normalized spacial score (nSPS) is 29.2. The predicted octanol–water partition coefficient (Wildman–Crippen LogP) is 1.30. The Balaban J connectivity index is 2.72. The third kappa shape index (κ3) is 2.40. The van der Waals surface area contributed by atoms with Crippen LogP contribution in [0.3, 0.4) is 0 Å². The van der Waals surface area contributed by atoms with Crippen molar-refractivity contribution >= 4 is 5.97 Å². The number of carboxylic acids is 1. The Bertz CT molecular complexity index is 194. The summed E-state index contributed by atoms with van der Waals surface area (Å²) in [5.41, 5.74) is 0. The Labute approximate surface area is 75.9 Å². The van der Waals surface area contributed by atoms with E-state index in [1.54, 1.807) is 0 Å². The van der Waals surface area contributed by atoms with Crippen LogP contribution in [0.2, 0.25) is 0 Å². The summed E-state index contributed by atoms with van der Waals surface area (Å²) in [6.45, 7) is 0. The van der Waals surface area contributed by atoms with Gasteiger partial charge in [-0.2, -0.15) is 0 Å². The minimum absolute atomic E-state index is 0.407. The molecule has 1 fully saturated rings. The summed E-state index contributed by atoms with van der Waals surface area (Å²) in [6.07, 6.45) is 3.33. The Hall–Kier alpha value is -1.13. The first kappa shape index (κ1) is 9.95. The Morgan fingerprint density at radius 3 is 2.46 bits per heavy atom. The molecular weight excluding hydrogens is 174 g/mol. The SMILES string of the molecule is O=C(O)C1CCCCCC1[N+](=O)[O-]. The maximum absolute atomic E-state index is 10.7. The second-order valence-electron chi connectivity index (χ2n) is 3.44. The molecule has 0 bridgehead atoms. The first-order chi connectivity index (χ1) is 6.13. The lowest BCUT2D eigenvalue weighted by molar-refractivity contribution is -0.530. The lowest BCUT2D eigenvalue weighted by Crippen LogP contribution is -2.33. The Morgan fingerprint density at radius 1 is 1.31 bits per heavy atom. The number of carboxylic acid groups (broad SMARTS) is 1. The fraction of sp³-hybridized carbons (Fsp3) is 0.875. The highest BCUT2D eigenvalue weighted by molar-refractivity contribution is 5.70. The molecule has 1 saturated carbocycles. The van der Waals surface area contributed by atoms with Gasteiger partial charge in [0.25, 0.3) is 0 Å². The summed E-state index contributed by atoms with van der Waals surface area (Å²) < 4.78 is 0. The molecule has 0 aromatic heterocycles. The minimum Gasteiger partial charge on any atom is -0.481 e. The van der Waals surface area contributed by atoms with E-state index in [1.807, 2.05) is 0 Å². The van der Waals surface area contributed by atoms with Crippen LogP contribution in [0.15, 0.2) is 0 Å². The number of nitrogens with zero attached hydrogens (tertiary/aromatic N) is 1. The number of aliphatic carboxylic acids is 1. The molecular formula is C8H13NO4. The van der Waals surface area contributed by atoms with Gasteiger partial charge in [-0.3, -0.25) is 14.9 Å². The quantitative estimate of drug-likeness (QED) is 0.401. The van der Waals surface area contributed by atoms with Crippen molar-refractivity contribution in [2.24, 2.45) is 5.92 Å². The molecule has 0 aliphatic heterocycles. The highest BCUT2D eigenvalue weighted by Gasteiger charge is 2.37. The number of carbonyl (C=O) groups is 1. The molecule has 2 unspecified atom stereocenters. The maximum Gasteiger partial charge on any atom is 0.313 e. The van der Waals surface area contributed by atoms with Crippen molar-refractivity contribution in [2.45, 2.75) is 38.1 Å². The molecule has 0 amide bonds. The molecule has 1 N–H and O–H groups in total. The van der Waals surface area contributed by atoms with Crippen LogP contribution in [-0.4, -0.2) is 22.0 Å². The lowest BCUT2D eigenvalue weighted by Gasteiger charge is -2.13. The zero-order valence-electron chi connectivity index (χ0n) is 7.31. The molecule has 1 aliphatic carbocycles. The van der Waals surface area contributed by atoms with Gasteiger partial charge in [0.15, 0.2) is 0 Å². The molecule has 74 valence electrons. The Kier molecular flexibility index (Phi) is 3.22. The van der Waals surface area contributed by atoms with Crippen LogP contribution in [0.25, 0.3) is 0 Å². The third-order valence-electron chi connectivity index (χ3n) is 2.57. The molecule has 13 heavy (non-hydrogen) atoms. The summed E-state index contributed by atoms with van der Waals surface area (Å²) in [4.78, 5) is 20.8. The van der Waals surface area contributed by atoms with Crippen molar-refractivity contribution in [3.8, 4) is 0 Å². The zero-order chi connectivity index (χ0) is 9.84. The van der Waals surface area contributed by atoms with Crippen LogP contribution in [0.1, 0.15) is 32.1 Å². The molecule has 0 heterocycles. The van der Waals surface area contributed by atoms with E-state index in [4.69, 9.17) is 5.11 Å². The van der Waals surface area contributed by atoms with Crippen molar-refractivity contribution in [3.05, 3.63) is 10.1 Å². The van der Waals surface area contributed by atoms with Crippen LogP contribution in [0.5, 0.6) is 0 Å². The number of nitro groups is 1.